The maximum atomic E-state index is 5.98. The van der Waals surface area contributed by atoms with Gasteiger partial charge in [-0.1, -0.05) is 13.0 Å². The quantitative estimate of drug-likeness (QED) is 0.787. The molecule has 1 aliphatic heterocycles. The zero-order valence-corrected chi connectivity index (χ0v) is 10.7. The van der Waals surface area contributed by atoms with Crippen molar-refractivity contribution in [1.82, 2.24) is 0 Å². The van der Waals surface area contributed by atoms with Gasteiger partial charge in [0.25, 0.3) is 0 Å². The van der Waals surface area contributed by atoms with Crippen LogP contribution >= 0.6 is 0 Å². The van der Waals surface area contributed by atoms with E-state index in [4.69, 9.17) is 10.5 Å². The highest BCUT2D eigenvalue weighted by atomic mass is 16.5. The third-order valence-electron chi connectivity index (χ3n) is 3.51. The summed E-state index contributed by atoms with van der Waals surface area (Å²) in [4.78, 5) is 0. The van der Waals surface area contributed by atoms with Crippen molar-refractivity contribution in [2.75, 3.05) is 24.2 Å². The largest absolute Gasteiger partial charge is 0.397 e. The predicted octanol–water partition coefficient (Wildman–Crippen LogP) is 2.80. The summed E-state index contributed by atoms with van der Waals surface area (Å²) in [6.07, 6.45) is 2.65. The number of nitrogen functional groups attached to an aromatic ring is 1. The molecule has 1 heterocycles. The highest BCUT2D eigenvalue weighted by molar-refractivity contribution is 5.66. The van der Waals surface area contributed by atoms with Crippen molar-refractivity contribution in [3.8, 4) is 0 Å². The molecule has 94 valence electrons. The summed E-state index contributed by atoms with van der Waals surface area (Å²) in [5, 5.41) is 3.44. The van der Waals surface area contributed by atoms with Gasteiger partial charge in [0.1, 0.15) is 0 Å². The van der Waals surface area contributed by atoms with Gasteiger partial charge in [-0.15, -0.1) is 0 Å². The third-order valence-corrected chi connectivity index (χ3v) is 3.51. The van der Waals surface area contributed by atoms with E-state index < -0.39 is 0 Å². The molecule has 1 aromatic rings. The Balaban J connectivity index is 1.93. The summed E-state index contributed by atoms with van der Waals surface area (Å²) in [6, 6.07) is 6.15. The molecule has 1 aliphatic rings. The lowest BCUT2D eigenvalue weighted by molar-refractivity contribution is 0.0900. The number of hydrogen-bond acceptors (Lipinski definition) is 3. The first-order valence-electron chi connectivity index (χ1n) is 6.42. The first-order valence-corrected chi connectivity index (χ1v) is 6.42. The van der Waals surface area contributed by atoms with E-state index >= 15 is 0 Å². The minimum Gasteiger partial charge on any atom is -0.397 e. The molecule has 1 fully saturated rings. The molecular formula is C14H22N2O. The minimum absolute atomic E-state index is 0.411. The van der Waals surface area contributed by atoms with Gasteiger partial charge in [0.15, 0.2) is 0 Å². The number of nitrogens with one attached hydrogen (secondary N) is 1. The summed E-state index contributed by atoms with van der Waals surface area (Å²) in [6.45, 7) is 6.08. The van der Waals surface area contributed by atoms with Gasteiger partial charge in [0.05, 0.1) is 17.5 Å². The summed E-state index contributed by atoms with van der Waals surface area (Å²) in [5.74, 6) is 0.612. The molecule has 2 atom stereocenters. The molecule has 0 aliphatic carbocycles. The van der Waals surface area contributed by atoms with E-state index in [9.17, 15) is 0 Å². The van der Waals surface area contributed by atoms with Crippen molar-refractivity contribution in [3.63, 3.8) is 0 Å². The van der Waals surface area contributed by atoms with Crippen LogP contribution in [-0.4, -0.2) is 19.3 Å². The normalized spacial score (nSPS) is 23.9. The predicted molar refractivity (Wildman–Crippen MR) is 72.2 cm³/mol. The van der Waals surface area contributed by atoms with Crippen molar-refractivity contribution >= 4 is 11.4 Å². The molecule has 2 rings (SSSR count). The van der Waals surface area contributed by atoms with E-state index in [-0.39, 0.29) is 0 Å². The first kappa shape index (κ1) is 12.2. The second-order valence-electron chi connectivity index (χ2n) is 4.84. The fourth-order valence-corrected chi connectivity index (χ4v) is 2.46. The van der Waals surface area contributed by atoms with Crippen LogP contribution in [0.15, 0.2) is 18.2 Å². The number of benzene rings is 1. The molecule has 0 aromatic heterocycles. The van der Waals surface area contributed by atoms with Crippen LogP contribution in [0.1, 0.15) is 25.3 Å². The average molecular weight is 234 g/mol. The summed E-state index contributed by atoms with van der Waals surface area (Å²) in [5.41, 5.74) is 9.05. The number of rotatable bonds is 4. The molecule has 0 amide bonds. The van der Waals surface area contributed by atoms with Crippen LogP contribution in [0, 0.1) is 12.8 Å². The Morgan fingerprint density at radius 3 is 3.00 bits per heavy atom. The maximum absolute atomic E-state index is 5.98. The van der Waals surface area contributed by atoms with Gasteiger partial charge in [0, 0.05) is 19.1 Å². The van der Waals surface area contributed by atoms with Gasteiger partial charge in [-0.25, -0.2) is 0 Å². The molecule has 3 N–H and O–H groups in total. The second kappa shape index (κ2) is 5.41. The number of aryl methyl sites for hydroxylation is 1. The van der Waals surface area contributed by atoms with Crippen molar-refractivity contribution in [3.05, 3.63) is 23.8 Å². The monoisotopic (exact) mass is 234 g/mol. The van der Waals surface area contributed by atoms with E-state index in [1.807, 2.05) is 6.07 Å². The molecule has 17 heavy (non-hydrogen) atoms. The summed E-state index contributed by atoms with van der Waals surface area (Å²) in [7, 11) is 0. The number of nitrogens with two attached hydrogens (primary N) is 1. The van der Waals surface area contributed by atoms with Crippen LogP contribution < -0.4 is 11.1 Å². The van der Waals surface area contributed by atoms with Crippen LogP contribution in [-0.2, 0) is 4.74 Å². The smallest absolute Gasteiger partial charge is 0.0618 e. The lowest BCUT2D eigenvalue weighted by Gasteiger charge is -2.18. The molecule has 1 saturated heterocycles. The molecule has 0 saturated carbocycles. The molecule has 0 radical (unpaired) electrons. The number of anilines is 2. The van der Waals surface area contributed by atoms with Crippen LogP contribution in [0.5, 0.6) is 0 Å². The third kappa shape index (κ3) is 2.91. The molecular weight excluding hydrogens is 212 g/mol. The fraction of sp³-hybridized carbons (Fsp3) is 0.571. The van der Waals surface area contributed by atoms with Crippen LogP contribution in [0.2, 0.25) is 0 Å². The highest BCUT2D eigenvalue weighted by Crippen LogP contribution is 2.25. The van der Waals surface area contributed by atoms with E-state index in [1.54, 1.807) is 0 Å². The Bertz CT molecular complexity index is 378. The molecule has 3 heteroatoms. The highest BCUT2D eigenvalue weighted by Gasteiger charge is 2.26. The topological polar surface area (TPSA) is 47.3 Å². The Labute approximate surface area is 103 Å². The SMILES string of the molecule is CCC1OCCC1CNc1ccc(C)cc1N. The van der Waals surface area contributed by atoms with Gasteiger partial charge in [-0.05, 0) is 37.5 Å². The molecule has 3 nitrogen and oxygen atoms in total. The van der Waals surface area contributed by atoms with Gasteiger partial charge in [-0.2, -0.15) is 0 Å². The lowest BCUT2D eigenvalue weighted by atomic mass is 9.99. The van der Waals surface area contributed by atoms with Crippen molar-refractivity contribution in [2.24, 2.45) is 5.92 Å². The van der Waals surface area contributed by atoms with Crippen molar-refractivity contribution in [1.29, 1.82) is 0 Å². The van der Waals surface area contributed by atoms with Crippen molar-refractivity contribution < 1.29 is 4.74 Å². The average Bonchev–Trinajstić information content (AvgIpc) is 2.75. The van der Waals surface area contributed by atoms with Gasteiger partial charge >= 0.3 is 0 Å². The Morgan fingerprint density at radius 2 is 2.29 bits per heavy atom. The van der Waals surface area contributed by atoms with E-state index in [2.05, 4.69) is 31.3 Å². The van der Waals surface area contributed by atoms with E-state index in [1.165, 1.54) is 5.56 Å². The summed E-state index contributed by atoms with van der Waals surface area (Å²) < 4.78 is 5.68. The van der Waals surface area contributed by atoms with Gasteiger partial charge < -0.3 is 15.8 Å². The molecule has 0 bridgehead atoms. The summed E-state index contributed by atoms with van der Waals surface area (Å²) >= 11 is 0. The second-order valence-corrected chi connectivity index (χ2v) is 4.84. The van der Waals surface area contributed by atoms with Crippen LogP contribution in [0.25, 0.3) is 0 Å². The molecule has 1 aromatic carbocycles. The van der Waals surface area contributed by atoms with E-state index in [0.717, 1.165) is 37.4 Å². The van der Waals surface area contributed by atoms with Gasteiger partial charge in [0.2, 0.25) is 0 Å². The molecule has 0 spiro atoms. The minimum atomic E-state index is 0.411. The van der Waals surface area contributed by atoms with Crippen LogP contribution in [0.3, 0.4) is 0 Å². The van der Waals surface area contributed by atoms with Crippen molar-refractivity contribution in [2.45, 2.75) is 32.8 Å². The lowest BCUT2D eigenvalue weighted by Crippen LogP contribution is -2.23. The standard InChI is InChI=1S/C14H22N2O/c1-3-14-11(6-7-17-14)9-16-13-5-4-10(2)8-12(13)15/h4-5,8,11,14,16H,3,6-7,9,15H2,1-2H3. The van der Waals surface area contributed by atoms with Gasteiger partial charge in [-0.3, -0.25) is 0 Å². The molecule has 2 unspecified atom stereocenters. The Kier molecular flexibility index (Phi) is 3.89. The van der Waals surface area contributed by atoms with E-state index in [0.29, 0.717) is 12.0 Å². The van der Waals surface area contributed by atoms with Crippen LogP contribution in [0.4, 0.5) is 11.4 Å². The zero-order chi connectivity index (χ0) is 12.3. The number of hydrogen-bond donors (Lipinski definition) is 2. The maximum Gasteiger partial charge on any atom is 0.0618 e. The number of ether oxygens (including phenoxy) is 1. The zero-order valence-electron chi connectivity index (χ0n) is 10.7. The first-order chi connectivity index (χ1) is 8.20. The Hall–Kier alpha value is -1.22. The Morgan fingerprint density at radius 1 is 1.47 bits per heavy atom. The fourth-order valence-electron chi connectivity index (χ4n) is 2.46.